The molecule has 0 bridgehead atoms. The first-order chi connectivity index (χ1) is 16.6. The average Bonchev–Trinajstić information content (AvgIpc) is 3.50. The number of hydrogen-bond donors (Lipinski definition) is 2. The third-order valence-corrected chi connectivity index (χ3v) is 6.09. The zero-order valence-electron chi connectivity index (χ0n) is 17.6. The monoisotopic (exact) mass is 488 g/mol. The van der Waals surface area contributed by atoms with Gasteiger partial charge >= 0.3 is 5.97 Å². The number of aromatic amines is 1. The fourth-order valence-electron chi connectivity index (χ4n) is 3.36. The molecule has 0 atom stereocenters. The molecule has 3 aromatic carbocycles. The third-order valence-electron chi connectivity index (χ3n) is 5.00. The molecule has 2 aromatic heterocycles. The highest BCUT2D eigenvalue weighted by Crippen LogP contribution is 2.30. The maximum absolute atomic E-state index is 12.5. The second-order valence-electron chi connectivity index (χ2n) is 7.33. The molecular formula is C25H17ClN4O3S. The fourth-order valence-corrected chi connectivity index (χ4v) is 4.32. The van der Waals surface area contributed by atoms with E-state index in [4.69, 9.17) is 16.3 Å². The van der Waals surface area contributed by atoms with Crippen molar-refractivity contribution < 1.29 is 14.3 Å². The second-order valence-corrected chi connectivity index (χ2v) is 8.59. The van der Waals surface area contributed by atoms with Crippen molar-refractivity contribution in [2.45, 2.75) is 0 Å². The normalized spacial score (nSPS) is 10.9. The van der Waals surface area contributed by atoms with E-state index in [0.29, 0.717) is 32.8 Å². The number of nitrogens with zero attached hydrogens (tertiary/aromatic N) is 2. The summed E-state index contributed by atoms with van der Waals surface area (Å²) in [5, 5.41) is 5.41. The van der Waals surface area contributed by atoms with Gasteiger partial charge in [-0.1, -0.05) is 60.1 Å². The van der Waals surface area contributed by atoms with Gasteiger partial charge in [-0.05, 0) is 24.3 Å². The predicted octanol–water partition coefficient (Wildman–Crippen LogP) is 5.80. The third kappa shape index (κ3) is 4.68. The van der Waals surface area contributed by atoms with Crippen LogP contribution >= 0.6 is 22.9 Å². The predicted molar refractivity (Wildman–Crippen MR) is 133 cm³/mol. The van der Waals surface area contributed by atoms with Crippen molar-refractivity contribution in [3.8, 4) is 22.6 Å². The SMILES string of the molecule is O=C(COC(=O)c1ccc2nc(-c3ccccc3)[nH]c2c1)Nc1nc(-c2ccccc2Cl)cs1. The molecule has 5 aromatic rings. The number of amides is 1. The molecule has 7 nitrogen and oxygen atoms in total. The second kappa shape index (κ2) is 9.46. The first kappa shape index (κ1) is 21.8. The number of esters is 1. The Morgan fingerprint density at radius 1 is 1.00 bits per heavy atom. The Hall–Kier alpha value is -4.01. The number of imidazole rings is 1. The number of carbonyl (C=O) groups excluding carboxylic acids is 2. The lowest BCUT2D eigenvalue weighted by Crippen LogP contribution is -2.20. The summed E-state index contributed by atoms with van der Waals surface area (Å²) < 4.78 is 5.18. The Morgan fingerprint density at radius 3 is 2.62 bits per heavy atom. The van der Waals surface area contributed by atoms with Crippen LogP contribution in [0.2, 0.25) is 5.02 Å². The molecule has 1 amide bonds. The minimum atomic E-state index is -0.608. The van der Waals surface area contributed by atoms with Crippen LogP contribution in [-0.2, 0) is 9.53 Å². The molecule has 0 saturated heterocycles. The number of thiazole rings is 1. The van der Waals surface area contributed by atoms with Gasteiger partial charge in [0, 0.05) is 21.5 Å². The summed E-state index contributed by atoms with van der Waals surface area (Å²) >= 11 is 7.46. The Kier molecular flexibility index (Phi) is 6.07. The molecule has 0 aliphatic rings. The molecule has 9 heteroatoms. The molecule has 34 heavy (non-hydrogen) atoms. The number of rotatable bonds is 6. The molecule has 0 aliphatic heterocycles. The number of hydrogen-bond acceptors (Lipinski definition) is 6. The number of nitrogens with one attached hydrogen (secondary N) is 2. The highest BCUT2D eigenvalue weighted by molar-refractivity contribution is 7.14. The quantitative estimate of drug-likeness (QED) is 0.294. The summed E-state index contributed by atoms with van der Waals surface area (Å²) in [5.41, 5.74) is 4.12. The van der Waals surface area contributed by atoms with E-state index in [9.17, 15) is 9.59 Å². The number of carbonyl (C=O) groups is 2. The zero-order valence-corrected chi connectivity index (χ0v) is 19.2. The summed E-state index contributed by atoms with van der Waals surface area (Å²) in [5.74, 6) is -0.383. The summed E-state index contributed by atoms with van der Waals surface area (Å²) in [6, 6.07) is 22.0. The summed E-state index contributed by atoms with van der Waals surface area (Å²) in [6.45, 7) is -0.434. The molecule has 5 rings (SSSR count). The molecule has 0 radical (unpaired) electrons. The molecule has 0 unspecified atom stereocenters. The van der Waals surface area contributed by atoms with E-state index in [-0.39, 0.29) is 0 Å². The lowest BCUT2D eigenvalue weighted by molar-refractivity contribution is -0.119. The Bertz CT molecular complexity index is 1500. The first-order valence-electron chi connectivity index (χ1n) is 10.3. The molecular weight excluding hydrogens is 472 g/mol. The Labute approximate surface area is 203 Å². The number of benzene rings is 3. The van der Waals surface area contributed by atoms with Crippen molar-refractivity contribution in [2.75, 3.05) is 11.9 Å². The van der Waals surface area contributed by atoms with Gasteiger partial charge in [-0.3, -0.25) is 10.1 Å². The van der Waals surface area contributed by atoms with E-state index in [1.807, 2.05) is 48.5 Å². The van der Waals surface area contributed by atoms with Crippen molar-refractivity contribution in [3.05, 3.63) is 88.8 Å². The topological polar surface area (TPSA) is 97.0 Å². The average molecular weight is 489 g/mol. The molecule has 168 valence electrons. The van der Waals surface area contributed by atoms with Gasteiger partial charge in [0.05, 0.1) is 22.3 Å². The van der Waals surface area contributed by atoms with Crippen LogP contribution in [0.1, 0.15) is 10.4 Å². The number of anilines is 1. The van der Waals surface area contributed by atoms with Crippen LogP contribution in [0, 0.1) is 0 Å². The van der Waals surface area contributed by atoms with Gasteiger partial charge in [-0.25, -0.2) is 14.8 Å². The van der Waals surface area contributed by atoms with Crippen molar-refractivity contribution >= 4 is 51.0 Å². The van der Waals surface area contributed by atoms with Crippen LogP contribution in [0.3, 0.4) is 0 Å². The molecule has 0 saturated carbocycles. The highest BCUT2D eigenvalue weighted by atomic mass is 35.5. The van der Waals surface area contributed by atoms with E-state index in [1.165, 1.54) is 11.3 Å². The van der Waals surface area contributed by atoms with Gasteiger partial charge in [0.1, 0.15) is 5.82 Å². The van der Waals surface area contributed by atoms with Gasteiger partial charge in [-0.2, -0.15) is 0 Å². The van der Waals surface area contributed by atoms with Crippen molar-refractivity contribution in [1.29, 1.82) is 0 Å². The van der Waals surface area contributed by atoms with Gasteiger partial charge < -0.3 is 9.72 Å². The molecule has 0 fully saturated rings. The van der Waals surface area contributed by atoms with E-state index in [1.54, 1.807) is 29.6 Å². The summed E-state index contributed by atoms with van der Waals surface area (Å²) in [7, 11) is 0. The van der Waals surface area contributed by atoms with Gasteiger partial charge in [0.2, 0.25) is 0 Å². The van der Waals surface area contributed by atoms with E-state index in [2.05, 4.69) is 20.3 Å². The van der Waals surface area contributed by atoms with Crippen LogP contribution < -0.4 is 5.32 Å². The summed E-state index contributed by atoms with van der Waals surface area (Å²) in [4.78, 5) is 36.9. The molecule has 2 N–H and O–H groups in total. The number of aromatic nitrogens is 3. The first-order valence-corrected chi connectivity index (χ1v) is 11.6. The van der Waals surface area contributed by atoms with Crippen molar-refractivity contribution in [3.63, 3.8) is 0 Å². The van der Waals surface area contributed by atoms with E-state index < -0.39 is 18.5 Å². The standard InChI is InChI=1S/C25H17ClN4O3S/c26-18-9-5-4-8-17(18)21-14-34-25(29-21)30-22(31)13-33-24(32)16-10-11-19-20(12-16)28-23(27-19)15-6-2-1-3-7-15/h1-12,14H,13H2,(H,27,28)(H,29,30,31). The Morgan fingerprint density at radius 2 is 1.79 bits per heavy atom. The number of fused-ring (bicyclic) bond motifs is 1. The maximum atomic E-state index is 12.5. The molecule has 0 aliphatic carbocycles. The summed E-state index contributed by atoms with van der Waals surface area (Å²) in [6.07, 6.45) is 0. The zero-order chi connectivity index (χ0) is 23.5. The minimum Gasteiger partial charge on any atom is -0.452 e. The van der Waals surface area contributed by atoms with Gasteiger partial charge in [0.25, 0.3) is 5.91 Å². The number of H-pyrrole nitrogens is 1. The lowest BCUT2D eigenvalue weighted by Gasteiger charge is -2.05. The van der Waals surface area contributed by atoms with E-state index in [0.717, 1.165) is 16.6 Å². The number of halogens is 1. The van der Waals surface area contributed by atoms with Crippen LogP contribution in [-0.4, -0.2) is 33.4 Å². The maximum Gasteiger partial charge on any atom is 0.338 e. The van der Waals surface area contributed by atoms with Gasteiger partial charge in [-0.15, -0.1) is 11.3 Å². The van der Waals surface area contributed by atoms with Crippen LogP contribution in [0.25, 0.3) is 33.7 Å². The minimum absolute atomic E-state index is 0.318. The van der Waals surface area contributed by atoms with Crippen molar-refractivity contribution in [2.24, 2.45) is 0 Å². The molecule has 2 heterocycles. The smallest absolute Gasteiger partial charge is 0.338 e. The molecule has 0 spiro atoms. The van der Waals surface area contributed by atoms with Crippen LogP contribution in [0.4, 0.5) is 5.13 Å². The van der Waals surface area contributed by atoms with Crippen molar-refractivity contribution in [1.82, 2.24) is 15.0 Å². The highest BCUT2D eigenvalue weighted by Gasteiger charge is 2.15. The fraction of sp³-hybridized carbons (Fsp3) is 0.0400. The largest absolute Gasteiger partial charge is 0.452 e. The van der Waals surface area contributed by atoms with Crippen LogP contribution in [0.15, 0.2) is 78.2 Å². The number of ether oxygens (including phenoxy) is 1. The lowest BCUT2D eigenvalue weighted by atomic mass is 10.2. The van der Waals surface area contributed by atoms with Gasteiger partial charge in [0.15, 0.2) is 11.7 Å². The van der Waals surface area contributed by atoms with E-state index >= 15 is 0 Å². The van der Waals surface area contributed by atoms with Crippen LogP contribution in [0.5, 0.6) is 0 Å². The Balaban J connectivity index is 1.21.